The molecule has 1 aliphatic rings. The lowest BCUT2D eigenvalue weighted by Gasteiger charge is -2.34. The van der Waals surface area contributed by atoms with Crippen molar-refractivity contribution in [1.29, 1.82) is 0 Å². The van der Waals surface area contributed by atoms with Crippen LogP contribution in [0.25, 0.3) is 5.57 Å². The summed E-state index contributed by atoms with van der Waals surface area (Å²) in [4.78, 5) is 11.2. The van der Waals surface area contributed by atoms with Crippen LogP contribution in [0.1, 0.15) is 119 Å². The number of anilines is 1. The summed E-state index contributed by atoms with van der Waals surface area (Å²) in [5.41, 5.74) is 10.4. The lowest BCUT2D eigenvalue weighted by Crippen LogP contribution is -2.23. The van der Waals surface area contributed by atoms with Crippen molar-refractivity contribution in [3.63, 3.8) is 0 Å². The number of hydrogen-bond donors (Lipinski definition) is 2. The highest BCUT2D eigenvalue weighted by molar-refractivity contribution is 5.88. The van der Waals surface area contributed by atoms with Gasteiger partial charge in [0, 0.05) is 12.2 Å². The van der Waals surface area contributed by atoms with Gasteiger partial charge in [-0.3, -0.25) is 0 Å². The number of nitrogens with one attached hydrogen (secondary N) is 1. The number of allylic oxidation sites excluding steroid dienone is 2. The Bertz CT molecular complexity index is 1460. The smallest absolute Gasteiger partial charge is 0.335 e. The zero-order valence-corrected chi connectivity index (χ0v) is 27.9. The fraction of sp³-hybridized carbons (Fsp3) is 0.462. The van der Waals surface area contributed by atoms with Crippen LogP contribution in [-0.4, -0.2) is 17.6 Å². The number of aromatic carboxylic acids is 1. The van der Waals surface area contributed by atoms with E-state index in [1.54, 1.807) is 12.1 Å². The molecule has 0 radical (unpaired) electrons. The Labute approximate surface area is 259 Å². The van der Waals surface area contributed by atoms with Crippen molar-refractivity contribution < 1.29 is 14.6 Å². The van der Waals surface area contributed by atoms with E-state index in [-0.39, 0.29) is 21.8 Å². The highest BCUT2D eigenvalue weighted by atomic mass is 16.5. The van der Waals surface area contributed by atoms with Crippen LogP contribution in [-0.2, 0) is 29.3 Å². The average Bonchev–Trinajstić information content (AvgIpc) is 2.91. The standard InChI is InChI=1S/C39H51NO3/c1-25(2)32-15-17-39(9,10)34-23-35(43-24-26-19-29(37(3,4)5)22-30(20-26)38(6,7)8)28(21-33(32)34)16-18-40-31-13-11-27(12-14-31)36(41)42/h11-15,19-23,25,40H,16-18,24H2,1-10H3,(H,41,42). The van der Waals surface area contributed by atoms with Crippen molar-refractivity contribution >= 4 is 17.2 Å². The summed E-state index contributed by atoms with van der Waals surface area (Å²) in [7, 11) is 0. The van der Waals surface area contributed by atoms with Gasteiger partial charge in [0.25, 0.3) is 0 Å². The van der Waals surface area contributed by atoms with Crippen molar-refractivity contribution in [3.05, 3.63) is 99.6 Å². The van der Waals surface area contributed by atoms with E-state index in [1.165, 1.54) is 39.0 Å². The van der Waals surface area contributed by atoms with Crippen LogP contribution in [0.2, 0.25) is 0 Å². The molecule has 0 spiro atoms. The summed E-state index contributed by atoms with van der Waals surface area (Å²) in [6.45, 7) is 24.0. The zero-order valence-electron chi connectivity index (χ0n) is 27.9. The molecule has 0 aliphatic heterocycles. The molecular weight excluding hydrogens is 530 g/mol. The number of fused-ring (bicyclic) bond motifs is 1. The Hall–Kier alpha value is -3.53. The molecule has 0 atom stereocenters. The molecule has 4 rings (SSSR count). The first-order chi connectivity index (χ1) is 20.0. The lowest BCUT2D eigenvalue weighted by molar-refractivity contribution is 0.0697. The maximum atomic E-state index is 11.2. The highest BCUT2D eigenvalue weighted by Crippen LogP contribution is 2.44. The van der Waals surface area contributed by atoms with Gasteiger partial charge in [-0.25, -0.2) is 4.79 Å². The molecular formula is C39H51NO3. The van der Waals surface area contributed by atoms with Gasteiger partial charge in [-0.15, -0.1) is 0 Å². The number of carbonyl (C=O) groups is 1. The summed E-state index contributed by atoms with van der Waals surface area (Å²) >= 11 is 0. The summed E-state index contributed by atoms with van der Waals surface area (Å²) in [6.07, 6.45) is 4.22. The lowest BCUT2D eigenvalue weighted by atomic mass is 9.71. The Balaban J connectivity index is 1.68. The maximum Gasteiger partial charge on any atom is 0.335 e. The van der Waals surface area contributed by atoms with Gasteiger partial charge in [0.05, 0.1) is 5.56 Å². The normalized spacial score (nSPS) is 14.7. The van der Waals surface area contributed by atoms with Crippen LogP contribution in [0, 0.1) is 5.92 Å². The number of hydrogen-bond acceptors (Lipinski definition) is 3. The molecule has 4 heteroatoms. The molecule has 1 aliphatic carbocycles. The van der Waals surface area contributed by atoms with Crippen LogP contribution < -0.4 is 10.1 Å². The number of carboxylic acids is 1. The predicted molar refractivity (Wildman–Crippen MR) is 181 cm³/mol. The quantitative estimate of drug-likeness (QED) is 0.264. The van der Waals surface area contributed by atoms with E-state index in [0.717, 1.165) is 24.3 Å². The molecule has 0 aromatic heterocycles. The molecule has 0 bridgehead atoms. The second kappa shape index (κ2) is 12.2. The van der Waals surface area contributed by atoms with Gasteiger partial charge < -0.3 is 15.2 Å². The zero-order chi connectivity index (χ0) is 31.7. The summed E-state index contributed by atoms with van der Waals surface area (Å²) < 4.78 is 6.75. The molecule has 0 amide bonds. The van der Waals surface area contributed by atoms with Crippen LogP contribution in [0.3, 0.4) is 0 Å². The summed E-state index contributed by atoms with van der Waals surface area (Å²) in [5.74, 6) is 0.469. The van der Waals surface area contributed by atoms with Crippen molar-refractivity contribution in [2.45, 2.75) is 105 Å². The van der Waals surface area contributed by atoms with E-state index in [2.05, 4.69) is 111 Å². The van der Waals surface area contributed by atoms with Crippen molar-refractivity contribution in [3.8, 4) is 5.75 Å². The molecule has 43 heavy (non-hydrogen) atoms. The minimum Gasteiger partial charge on any atom is -0.489 e. The Morgan fingerprint density at radius 3 is 2.07 bits per heavy atom. The number of rotatable bonds is 9. The molecule has 4 nitrogen and oxygen atoms in total. The molecule has 2 N–H and O–H groups in total. The average molecular weight is 582 g/mol. The van der Waals surface area contributed by atoms with E-state index >= 15 is 0 Å². The monoisotopic (exact) mass is 581 g/mol. The third-order valence-corrected chi connectivity index (χ3v) is 8.67. The van der Waals surface area contributed by atoms with E-state index < -0.39 is 5.97 Å². The van der Waals surface area contributed by atoms with Crippen molar-refractivity contribution in [1.82, 2.24) is 0 Å². The first-order valence-electron chi connectivity index (χ1n) is 15.7. The number of carboxylic acid groups (broad SMARTS) is 1. The molecule has 3 aromatic carbocycles. The van der Waals surface area contributed by atoms with Gasteiger partial charge in [-0.2, -0.15) is 0 Å². The summed E-state index contributed by atoms with van der Waals surface area (Å²) in [5, 5.41) is 12.7. The molecule has 0 heterocycles. The third kappa shape index (κ3) is 7.71. The Morgan fingerprint density at radius 1 is 0.930 bits per heavy atom. The maximum absolute atomic E-state index is 11.2. The van der Waals surface area contributed by atoms with Crippen LogP contribution >= 0.6 is 0 Å². The van der Waals surface area contributed by atoms with E-state index in [0.29, 0.717) is 19.1 Å². The number of benzene rings is 3. The Kier molecular flexibility index (Phi) is 9.21. The minimum atomic E-state index is -0.915. The first-order valence-corrected chi connectivity index (χ1v) is 15.7. The van der Waals surface area contributed by atoms with Gasteiger partial charge in [0.15, 0.2) is 0 Å². The number of ether oxygens (including phenoxy) is 1. The topological polar surface area (TPSA) is 58.6 Å². The first kappa shape index (κ1) is 32.4. The second-order valence-corrected chi connectivity index (χ2v) is 15.2. The van der Waals surface area contributed by atoms with Gasteiger partial charge in [-0.1, -0.05) is 93.5 Å². The molecule has 0 unspecified atom stereocenters. The van der Waals surface area contributed by atoms with Crippen molar-refractivity contribution in [2.24, 2.45) is 5.92 Å². The van der Waals surface area contributed by atoms with E-state index in [1.807, 2.05) is 12.1 Å². The SMILES string of the molecule is CC(C)C1=CCC(C)(C)c2cc(OCc3cc(C(C)(C)C)cc(C(C)(C)C)c3)c(CCNc3ccc(C(=O)O)cc3)cc21. The van der Waals surface area contributed by atoms with E-state index in [9.17, 15) is 9.90 Å². The van der Waals surface area contributed by atoms with Crippen LogP contribution in [0.5, 0.6) is 5.75 Å². The fourth-order valence-electron chi connectivity index (χ4n) is 5.76. The van der Waals surface area contributed by atoms with E-state index in [4.69, 9.17) is 4.74 Å². The fourth-order valence-corrected chi connectivity index (χ4v) is 5.76. The molecule has 230 valence electrons. The summed E-state index contributed by atoms with van der Waals surface area (Å²) in [6, 6.07) is 18.5. The second-order valence-electron chi connectivity index (χ2n) is 15.2. The van der Waals surface area contributed by atoms with Gasteiger partial charge >= 0.3 is 5.97 Å². The largest absolute Gasteiger partial charge is 0.489 e. The molecule has 0 saturated carbocycles. The molecule has 3 aromatic rings. The third-order valence-electron chi connectivity index (χ3n) is 8.67. The Morgan fingerprint density at radius 2 is 1.53 bits per heavy atom. The van der Waals surface area contributed by atoms with Crippen molar-refractivity contribution in [2.75, 3.05) is 11.9 Å². The van der Waals surface area contributed by atoms with Gasteiger partial charge in [0.2, 0.25) is 0 Å². The van der Waals surface area contributed by atoms with Crippen LogP contribution in [0.4, 0.5) is 5.69 Å². The van der Waals surface area contributed by atoms with Gasteiger partial charge in [0.1, 0.15) is 12.4 Å². The van der Waals surface area contributed by atoms with Crippen LogP contribution in [0.15, 0.2) is 60.7 Å². The molecule has 0 fully saturated rings. The van der Waals surface area contributed by atoms with Gasteiger partial charge in [-0.05, 0) is 110 Å². The highest BCUT2D eigenvalue weighted by Gasteiger charge is 2.30. The minimum absolute atomic E-state index is 0.0278. The predicted octanol–water partition coefficient (Wildman–Crippen LogP) is 9.93. The molecule has 0 saturated heterocycles.